The molecule has 1 fully saturated rings. The Kier molecular flexibility index (Phi) is 3.90. The number of hydrogen-bond donors (Lipinski definition) is 1. The summed E-state index contributed by atoms with van der Waals surface area (Å²) in [7, 11) is 0. The summed E-state index contributed by atoms with van der Waals surface area (Å²) in [6.45, 7) is 1.16. The Balaban J connectivity index is 1.94. The van der Waals surface area contributed by atoms with Gasteiger partial charge in [-0.1, -0.05) is 6.07 Å². The quantitative estimate of drug-likeness (QED) is 0.878. The minimum Gasteiger partial charge on any atom is -0.381 e. The number of carbonyl (C=O) groups is 1. The van der Waals surface area contributed by atoms with Crippen molar-refractivity contribution < 1.29 is 13.9 Å². The van der Waals surface area contributed by atoms with Crippen molar-refractivity contribution in [1.82, 2.24) is 5.32 Å². The normalized spacial score (nSPS) is 18.3. The fourth-order valence-electron chi connectivity index (χ4n) is 1.83. The molecule has 1 unspecified atom stereocenters. The molecule has 1 aliphatic heterocycles. The second kappa shape index (κ2) is 5.61. The summed E-state index contributed by atoms with van der Waals surface area (Å²) in [4.78, 5) is 11.7. The predicted octanol–water partition coefficient (Wildman–Crippen LogP) is 1.35. The van der Waals surface area contributed by atoms with E-state index in [0.29, 0.717) is 25.2 Å². The summed E-state index contributed by atoms with van der Waals surface area (Å²) in [5.74, 6) is -0.722. The summed E-state index contributed by atoms with van der Waals surface area (Å²) in [5, 5.41) is 11.3. The highest BCUT2D eigenvalue weighted by atomic mass is 19.1. The van der Waals surface area contributed by atoms with Crippen molar-refractivity contribution in [2.24, 2.45) is 5.92 Å². The van der Waals surface area contributed by atoms with Crippen LogP contribution >= 0.6 is 0 Å². The molecule has 1 aliphatic rings. The highest BCUT2D eigenvalue weighted by molar-refractivity contribution is 5.78. The van der Waals surface area contributed by atoms with E-state index in [-0.39, 0.29) is 23.9 Å². The molecule has 18 heavy (non-hydrogen) atoms. The van der Waals surface area contributed by atoms with Gasteiger partial charge in [0.05, 0.1) is 24.2 Å². The maximum atomic E-state index is 13.5. The van der Waals surface area contributed by atoms with Gasteiger partial charge in [-0.3, -0.25) is 4.79 Å². The number of halogens is 1. The summed E-state index contributed by atoms with van der Waals surface area (Å²) < 4.78 is 18.7. The van der Waals surface area contributed by atoms with E-state index in [4.69, 9.17) is 10.00 Å². The largest absolute Gasteiger partial charge is 0.381 e. The third kappa shape index (κ3) is 2.84. The van der Waals surface area contributed by atoms with Crippen molar-refractivity contribution in [3.05, 3.63) is 35.1 Å². The number of amides is 1. The first-order valence-corrected chi connectivity index (χ1v) is 5.74. The van der Waals surface area contributed by atoms with E-state index in [1.54, 1.807) is 0 Å². The molecule has 1 heterocycles. The summed E-state index contributed by atoms with van der Waals surface area (Å²) in [6.07, 6.45) is 0.710. The third-order valence-electron chi connectivity index (χ3n) is 2.94. The van der Waals surface area contributed by atoms with Crippen molar-refractivity contribution >= 4 is 5.91 Å². The van der Waals surface area contributed by atoms with Crippen LogP contribution in [0.1, 0.15) is 17.5 Å². The molecule has 0 aromatic heterocycles. The van der Waals surface area contributed by atoms with Gasteiger partial charge in [-0.05, 0) is 18.6 Å². The van der Waals surface area contributed by atoms with E-state index in [2.05, 4.69) is 5.32 Å². The topological polar surface area (TPSA) is 62.1 Å². The second-order valence-electron chi connectivity index (χ2n) is 4.20. The zero-order chi connectivity index (χ0) is 13.0. The lowest BCUT2D eigenvalue weighted by molar-refractivity contribution is -0.125. The molecule has 0 radical (unpaired) electrons. The van der Waals surface area contributed by atoms with Crippen LogP contribution in [0.4, 0.5) is 4.39 Å². The number of rotatable bonds is 3. The number of hydrogen-bond acceptors (Lipinski definition) is 3. The summed E-state index contributed by atoms with van der Waals surface area (Å²) in [6, 6.07) is 6.07. The van der Waals surface area contributed by atoms with Gasteiger partial charge >= 0.3 is 0 Å². The molecule has 0 bridgehead atoms. The Morgan fingerprint density at radius 2 is 2.44 bits per heavy atom. The number of benzene rings is 1. The Morgan fingerprint density at radius 1 is 1.61 bits per heavy atom. The first-order chi connectivity index (χ1) is 8.70. The lowest BCUT2D eigenvalue weighted by Gasteiger charge is -2.09. The number of ether oxygens (including phenoxy) is 1. The van der Waals surface area contributed by atoms with Crippen LogP contribution in [0, 0.1) is 23.1 Å². The molecule has 94 valence electrons. The number of nitrogens with zero attached hydrogens (tertiary/aromatic N) is 1. The van der Waals surface area contributed by atoms with E-state index >= 15 is 0 Å². The van der Waals surface area contributed by atoms with Crippen LogP contribution in [0.15, 0.2) is 18.2 Å². The Labute approximate surface area is 104 Å². The van der Waals surface area contributed by atoms with Crippen LogP contribution in [-0.2, 0) is 16.1 Å². The van der Waals surface area contributed by atoms with Gasteiger partial charge in [0.2, 0.25) is 5.91 Å². The lowest BCUT2D eigenvalue weighted by Crippen LogP contribution is -2.30. The molecular weight excluding hydrogens is 235 g/mol. The molecular formula is C13H13FN2O2. The first kappa shape index (κ1) is 12.5. The molecule has 1 aromatic carbocycles. The van der Waals surface area contributed by atoms with Crippen LogP contribution in [0.3, 0.4) is 0 Å². The predicted molar refractivity (Wildman–Crippen MR) is 61.9 cm³/mol. The van der Waals surface area contributed by atoms with Gasteiger partial charge in [-0.15, -0.1) is 0 Å². The van der Waals surface area contributed by atoms with Crippen molar-refractivity contribution in [2.75, 3.05) is 13.2 Å². The fourth-order valence-corrected chi connectivity index (χ4v) is 1.83. The van der Waals surface area contributed by atoms with Crippen molar-refractivity contribution in [2.45, 2.75) is 13.0 Å². The minimum absolute atomic E-state index is 0.115. The molecule has 1 N–H and O–H groups in total. The highest BCUT2D eigenvalue weighted by Crippen LogP contribution is 2.13. The van der Waals surface area contributed by atoms with Gasteiger partial charge in [0, 0.05) is 18.7 Å². The summed E-state index contributed by atoms with van der Waals surface area (Å²) >= 11 is 0. The van der Waals surface area contributed by atoms with Gasteiger partial charge in [0.1, 0.15) is 5.82 Å². The minimum atomic E-state index is -0.475. The smallest absolute Gasteiger partial charge is 0.225 e. The third-order valence-corrected chi connectivity index (χ3v) is 2.94. The van der Waals surface area contributed by atoms with Gasteiger partial charge in [0.25, 0.3) is 0 Å². The standard InChI is InChI=1S/C13H13FN2O2/c14-12-5-9(6-15)1-2-10(12)7-16-13(17)11-3-4-18-8-11/h1-2,5,11H,3-4,7-8H2,(H,16,17). The maximum Gasteiger partial charge on any atom is 0.225 e. The molecule has 4 nitrogen and oxygen atoms in total. The monoisotopic (exact) mass is 248 g/mol. The molecule has 0 aliphatic carbocycles. The van der Waals surface area contributed by atoms with Gasteiger partial charge in [-0.2, -0.15) is 5.26 Å². The maximum absolute atomic E-state index is 13.5. The molecule has 1 aromatic rings. The number of carbonyl (C=O) groups excluding carboxylic acids is 1. The van der Waals surface area contributed by atoms with Crippen LogP contribution in [0.25, 0.3) is 0 Å². The molecule has 0 saturated carbocycles. The highest BCUT2D eigenvalue weighted by Gasteiger charge is 2.23. The average Bonchev–Trinajstić information content (AvgIpc) is 2.90. The Morgan fingerprint density at radius 3 is 3.06 bits per heavy atom. The van der Waals surface area contributed by atoms with E-state index in [0.717, 1.165) is 0 Å². The van der Waals surface area contributed by atoms with Crippen molar-refractivity contribution in [3.8, 4) is 6.07 Å². The van der Waals surface area contributed by atoms with E-state index < -0.39 is 5.82 Å². The van der Waals surface area contributed by atoms with E-state index in [1.165, 1.54) is 18.2 Å². The molecule has 2 rings (SSSR count). The average molecular weight is 248 g/mol. The molecule has 5 heteroatoms. The molecule has 1 amide bonds. The lowest BCUT2D eigenvalue weighted by atomic mass is 10.1. The van der Waals surface area contributed by atoms with Crippen LogP contribution < -0.4 is 5.32 Å². The molecule has 1 atom stereocenters. The number of nitriles is 1. The molecule has 1 saturated heterocycles. The van der Waals surface area contributed by atoms with Crippen LogP contribution in [0.2, 0.25) is 0 Å². The second-order valence-corrected chi connectivity index (χ2v) is 4.20. The SMILES string of the molecule is N#Cc1ccc(CNC(=O)C2CCOC2)c(F)c1. The fraction of sp³-hybridized carbons (Fsp3) is 0.385. The van der Waals surface area contributed by atoms with Crippen LogP contribution in [0.5, 0.6) is 0 Å². The Hall–Kier alpha value is -1.93. The van der Waals surface area contributed by atoms with Crippen molar-refractivity contribution in [1.29, 1.82) is 5.26 Å². The van der Waals surface area contributed by atoms with E-state index in [9.17, 15) is 9.18 Å². The van der Waals surface area contributed by atoms with Gasteiger partial charge in [-0.25, -0.2) is 4.39 Å². The van der Waals surface area contributed by atoms with Gasteiger partial charge < -0.3 is 10.1 Å². The summed E-state index contributed by atoms with van der Waals surface area (Å²) in [5.41, 5.74) is 0.646. The van der Waals surface area contributed by atoms with Crippen LogP contribution in [-0.4, -0.2) is 19.1 Å². The Bertz CT molecular complexity index is 490. The zero-order valence-corrected chi connectivity index (χ0v) is 9.78. The van der Waals surface area contributed by atoms with Crippen molar-refractivity contribution in [3.63, 3.8) is 0 Å². The first-order valence-electron chi connectivity index (χ1n) is 5.74. The number of nitrogens with one attached hydrogen (secondary N) is 1. The van der Waals surface area contributed by atoms with E-state index in [1.807, 2.05) is 6.07 Å². The molecule has 0 spiro atoms. The zero-order valence-electron chi connectivity index (χ0n) is 9.78. The van der Waals surface area contributed by atoms with Gasteiger partial charge in [0.15, 0.2) is 0 Å².